The second-order valence-electron chi connectivity index (χ2n) is 8.90. The number of alkyl halides is 3. The van der Waals surface area contributed by atoms with Crippen LogP contribution in [0, 0.1) is 12.8 Å². The fourth-order valence-electron chi connectivity index (χ4n) is 4.48. The van der Waals surface area contributed by atoms with Crippen LogP contribution in [0.2, 0.25) is 0 Å². The maximum Gasteiger partial charge on any atom is 0.389 e. The molecular weight excluding hydrogens is 449 g/mol. The number of likely N-dealkylation sites (tertiary alicyclic amines) is 1. The highest BCUT2D eigenvalue weighted by Crippen LogP contribution is 2.33. The van der Waals surface area contributed by atoms with E-state index in [-0.39, 0.29) is 24.8 Å². The lowest BCUT2D eigenvalue weighted by Crippen LogP contribution is -2.34. The van der Waals surface area contributed by atoms with E-state index in [1.54, 1.807) is 24.3 Å². The Bertz CT molecular complexity index is 1110. The Labute approximate surface area is 195 Å². The van der Waals surface area contributed by atoms with Crippen molar-refractivity contribution in [2.75, 3.05) is 35.6 Å². The number of carbonyl (C=O) groups is 2. The molecule has 0 unspecified atom stereocenters. The monoisotopic (exact) mass is 476 g/mol. The molecule has 0 bridgehead atoms. The molecule has 4 rings (SSSR count). The Hall–Kier alpha value is -3.34. The lowest BCUT2D eigenvalue weighted by atomic mass is 10.00. The van der Waals surface area contributed by atoms with E-state index in [0.29, 0.717) is 30.9 Å². The van der Waals surface area contributed by atoms with Gasteiger partial charge in [0.1, 0.15) is 11.6 Å². The fourth-order valence-corrected chi connectivity index (χ4v) is 4.48. The summed E-state index contributed by atoms with van der Waals surface area (Å²) in [6.45, 7) is 2.70. The van der Waals surface area contributed by atoms with Crippen molar-refractivity contribution in [1.82, 2.24) is 9.88 Å². The van der Waals surface area contributed by atoms with Crippen LogP contribution >= 0.6 is 0 Å². The van der Waals surface area contributed by atoms with Crippen molar-refractivity contribution in [1.29, 1.82) is 0 Å². The number of amides is 3. The molecule has 34 heavy (non-hydrogen) atoms. The Morgan fingerprint density at radius 3 is 2.65 bits per heavy atom. The van der Waals surface area contributed by atoms with Crippen LogP contribution in [0.5, 0.6) is 0 Å². The number of hydrogen-bond acceptors (Lipinski definition) is 5. The molecule has 2 atom stereocenters. The Morgan fingerprint density at radius 1 is 1.21 bits per heavy atom. The number of nitrogens with one attached hydrogen (secondary N) is 1. The van der Waals surface area contributed by atoms with E-state index >= 15 is 0 Å². The minimum Gasteiger partial charge on any atom is -0.384 e. The van der Waals surface area contributed by atoms with Crippen molar-refractivity contribution >= 4 is 29.3 Å². The fraction of sp³-hybridized carbons (Fsp3) is 0.435. The number of rotatable bonds is 4. The summed E-state index contributed by atoms with van der Waals surface area (Å²) < 4.78 is 38.0. The molecular formula is C23H27F3N6O2. The summed E-state index contributed by atoms with van der Waals surface area (Å²) in [4.78, 5) is 32.2. The first-order valence-corrected chi connectivity index (χ1v) is 11.1. The van der Waals surface area contributed by atoms with Crippen LogP contribution in [0.1, 0.15) is 24.8 Å². The number of hydrogen-bond donors (Lipinski definition) is 3. The first-order valence-electron chi connectivity index (χ1n) is 11.1. The number of urea groups is 1. The van der Waals surface area contributed by atoms with Crippen molar-refractivity contribution in [3.05, 3.63) is 35.9 Å². The van der Waals surface area contributed by atoms with Crippen LogP contribution in [-0.2, 0) is 4.79 Å². The van der Waals surface area contributed by atoms with Crippen LogP contribution in [0.4, 0.5) is 35.3 Å². The number of aromatic nitrogens is 1. The number of nitrogen functional groups attached to an aromatic ring is 1. The quantitative estimate of drug-likeness (QED) is 0.624. The van der Waals surface area contributed by atoms with Crippen LogP contribution in [0.25, 0.3) is 11.1 Å². The zero-order valence-electron chi connectivity index (χ0n) is 18.7. The van der Waals surface area contributed by atoms with E-state index in [1.807, 2.05) is 13.0 Å². The predicted octanol–water partition coefficient (Wildman–Crippen LogP) is 3.51. The summed E-state index contributed by atoms with van der Waals surface area (Å²) in [5.74, 6) is -0.146. The highest BCUT2D eigenvalue weighted by Gasteiger charge is 2.36. The minimum atomic E-state index is -4.24. The molecule has 1 aromatic carbocycles. The third kappa shape index (κ3) is 5.24. The second kappa shape index (κ2) is 9.13. The van der Waals surface area contributed by atoms with Gasteiger partial charge in [-0.25, -0.2) is 9.78 Å². The van der Waals surface area contributed by atoms with E-state index < -0.39 is 30.6 Å². The number of nitrogens with two attached hydrogens (primary N) is 2. The number of halogens is 3. The molecule has 0 spiro atoms. The van der Waals surface area contributed by atoms with Crippen LogP contribution in [0.3, 0.4) is 0 Å². The summed E-state index contributed by atoms with van der Waals surface area (Å²) in [6, 6.07) is 7.76. The van der Waals surface area contributed by atoms with Crippen molar-refractivity contribution < 1.29 is 22.8 Å². The van der Waals surface area contributed by atoms with Crippen molar-refractivity contribution in [2.24, 2.45) is 11.7 Å². The largest absolute Gasteiger partial charge is 0.389 e. The molecule has 1 aromatic heterocycles. The molecule has 3 heterocycles. The van der Waals surface area contributed by atoms with Crippen molar-refractivity contribution in [2.45, 2.75) is 38.4 Å². The number of anilines is 3. The van der Waals surface area contributed by atoms with Crippen molar-refractivity contribution in [3.8, 4) is 11.1 Å². The molecule has 3 amide bonds. The molecule has 182 valence electrons. The van der Waals surface area contributed by atoms with Gasteiger partial charge < -0.3 is 21.7 Å². The number of aryl methyl sites for hydroxylation is 1. The molecule has 2 saturated heterocycles. The molecule has 2 fully saturated rings. The smallest absolute Gasteiger partial charge is 0.384 e. The molecule has 2 aromatic rings. The maximum absolute atomic E-state index is 12.7. The van der Waals surface area contributed by atoms with E-state index in [0.717, 1.165) is 16.7 Å². The second-order valence-corrected chi connectivity index (χ2v) is 8.90. The molecule has 2 aliphatic heterocycles. The van der Waals surface area contributed by atoms with Gasteiger partial charge in [0.05, 0.1) is 6.04 Å². The number of carbonyl (C=O) groups excluding carboxylic acids is 2. The molecule has 0 saturated carbocycles. The average molecular weight is 477 g/mol. The number of nitrogens with zero attached hydrogens (tertiary/aromatic N) is 3. The van der Waals surface area contributed by atoms with E-state index in [9.17, 15) is 22.8 Å². The highest BCUT2D eigenvalue weighted by molar-refractivity contribution is 5.99. The molecule has 0 radical (unpaired) electrons. The standard InChI is InChI=1S/C23H27F3N6O2/c1-13-2-3-16(29-22(34)31-6-4-14(12-31)11-23(24,25)26)10-17(13)15-8-19(28)30-20(9-15)32-7-5-18(27)21(32)33/h2-3,8-10,14,18H,4-7,11-12,27H2,1H3,(H2,28,30)(H,29,34)/t14-,18-/m0/s1. The lowest BCUT2D eigenvalue weighted by Gasteiger charge is -2.19. The van der Waals surface area contributed by atoms with Gasteiger partial charge >= 0.3 is 12.2 Å². The summed E-state index contributed by atoms with van der Waals surface area (Å²) in [6.07, 6.45) is -4.27. The Morgan fingerprint density at radius 2 is 1.97 bits per heavy atom. The average Bonchev–Trinajstić information content (AvgIpc) is 3.34. The highest BCUT2D eigenvalue weighted by atomic mass is 19.4. The van der Waals surface area contributed by atoms with Crippen LogP contribution < -0.4 is 21.7 Å². The summed E-state index contributed by atoms with van der Waals surface area (Å²) in [7, 11) is 0. The van der Waals surface area contributed by atoms with Gasteiger partial charge in [0.25, 0.3) is 0 Å². The molecule has 8 nitrogen and oxygen atoms in total. The van der Waals surface area contributed by atoms with Gasteiger partial charge in [-0.05, 0) is 66.6 Å². The van der Waals surface area contributed by atoms with Gasteiger partial charge in [-0.1, -0.05) is 6.07 Å². The van der Waals surface area contributed by atoms with Crippen LogP contribution in [0.15, 0.2) is 30.3 Å². The summed E-state index contributed by atoms with van der Waals surface area (Å²) in [5.41, 5.74) is 14.7. The van der Waals surface area contributed by atoms with E-state index in [4.69, 9.17) is 11.5 Å². The van der Waals surface area contributed by atoms with Gasteiger partial charge in [-0.15, -0.1) is 0 Å². The Kier molecular flexibility index (Phi) is 6.39. The molecule has 5 N–H and O–H groups in total. The van der Waals surface area contributed by atoms with Gasteiger partial charge in [0.2, 0.25) is 5.91 Å². The topological polar surface area (TPSA) is 118 Å². The summed E-state index contributed by atoms with van der Waals surface area (Å²) in [5, 5.41) is 2.78. The maximum atomic E-state index is 12.7. The van der Waals surface area contributed by atoms with Gasteiger partial charge in [0.15, 0.2) is 0 Å². The lowest BCUT2D eigenvalue weighted by molar-refractivity contribution is -0.143. The zero-order valence-corrected chi connectivity index (χ0v) is 18.7. The van der Waals surface area contributed by atoms with Gasteiger partial charge in [-0.3, -0.25) is 9.69 Å². The van der Waals surface area contributed by atoms with Crippen molar-refractivity contribution in [3.63, 3.8) is 0 Å². The molecule has 2 aliphatic rings. The van der Waals surface area contributed by atoms with E-state index in [1.165, 1.54) is 9.80 Å². The number of pyridine rings is 1. The normalized spacial score (nSPS) is 20.8. The Balaban J connectivity index is 1.52. The third-order valence-corrected chi connectivity index (χ3v) is 6.25. The van der Waals surface area contributed by atoms with Gasteiger partial charge in [0, 0.05) is 31.7 Å². The predicted molar refractivity (Wildman–Crippen MR) is 123 cm³/mol. The minimum absolute atomic E-state index is 0.0698. The number of benzene rings is 1. The van der Waals surface area contributed by atoms with Crippen LogP contribution in [-0.4, -0.2) is 53.7 Å². The first kappa shape index (κ1) is 23.8. The summed E-state index contributed by atoms with van der Waals surface area (Å²) >= 11 is 0. The molecule has 0 aliphatic carbocycles. The van der Waals surface area contributed by atoms with Gasteiger partial charge in [-0.2, -0.15) is 13.2 Å². The zero-order chi connectivity index (χ0) is 24.6. The first-order chi connectivity index (χ1) is 16.0. The SMILES string of the molecule is Cc1ccc(NC(=O)N2CC[C@@H](CC(F)(F)F)C2)cc1-c1cc(N)nc(N2CC[C@H](N)C2=O)c1. The molecule has 11 heteroatoms. The van der Waals surface area contributed by atoms with E-state index in [2.05, 4.69) is 10.3 Å². The third-order valence-electron chi connectivity index (χ3n) is 6.25.